The number of benzene rings is 2. The van der Waals surface area contributed by atoms with Gasteiger partial charge in [-0.3, -0.25) is 4.79 Å². The Morgan fingerprint density at radius 3 is 2.38 bits per heavy atom. The third-order valence-corrected chi connectivity index (χ3v) is 5.16. The zero-order chi connectivity index (χ0) is 17.7. The molecule has 0 unspecified atom stereocenters. The molecular weight excluding hydrogens is 350 g/mol. The van der Waals surface area contributed by atoms with Gasteiger partial charge in [0.05, 0.1) is 4.90 Å². The van der Waals surface area contributed by atoms with Crippen LogP contribution in [0.25, 0.3) is 0 Å². The monoisotopic (exact) mass is 367 g/mol. The summed E-state index contributed by atoms with van der Waals surface area (Å²) in [7, 11) is -3.75. The number of ether oxygens (including phenoxy) is 1. The fourth-order valence-corrected chi connectivity index (χ4v) is 3.09. The lowest BCUT2D eigenvalue weighted by Crippen LogP contribution is -2.30. The highest BCUT2D eigenvalue weighted by Crippen LogP contribution is 2.14. The molecule has 24 heavy (non-hydrogen) atoms. The molecule has 2 aromatic carbocycles. The first-order chi connectivity index (χ1) is 11.3. The van der Waals surface area contributed by atoms with E-state index in [1.165, 1.54) is 6.07 Å². The number of sulfonamides is 1. The van der Waals surface area contributed by atoms with Gasteiger partial charge in [0.2, 0.25) is 10.0 Å². The number of esters is 1. The van der Waals surface area contributed by atoms with Gasteiger partial charge < -0.3 is 4.74 Å². The second kappa shape index (κ2) is 7.79. The minimum Gasteiger partial charge on any atom is -0.460 e. The van der Waals surface area contributed by atoms with E-state index in [9.17, 15) is 13.2 Å². The molecule has 5 nitrogen and oxygen atoms in total. The van der Waals surface area contributed by atoms with E-state index in [4.69, 9.17) is 16.3 Å². The molecule has 0 aromatic heterocycles. The lowest BCUT2D eigenvalue weighted by Gasteiger charge is -2.09. The van der Waals surface area contributed by atoms with Crippen LogP contribution in [0.3, 0.4) is 0 Å². The van der Waals surface area contributed by atoms with Crippen LogP contribution in [-0.4, -0.2) is 20.9 Å². The quantitative estimate of drug-likeness (QED) is 0.796. The van der Waals surface area contributed by atoms with E-state index >= 15 is 0 Å². The Kier molecular flexibility index (Phi) is 5.99. The Morgan fingerprint density at radius 2 is 1.75 bits per heavy atom. The van der Waals surface area contributed by atoms with Gasteiger partial charge in [0, 0.05) is 5.02 Å². The number of hydrogen-bond acceptors (Lipinski definition) is 4. The maximum Gasteiger partial charge on any atom is 0.321 e. The van der Waals surface area contributed by atoms with E-state index in [1.807, 2.05) is 13.8 Å². The van der Waals surface area contributed by atoms with E-state index in [0.29, 0.717) is 5.02 Å². The summed E-state index contributed by atoms with van der Waals surface area (Å²) in [5.74, 6) is -0.655. The lowest BCUT2D eigenvalue weighted by molar-refractivity contribution is -0.143. The largest absolute Gasteiger partial charge is 0.460 e. The summed E-state index contributed by atoms with van der Waals surface area (Å²) in [6.45, 7) is 3.35. The highest BCUT2D eigenvalue weighted by molar-refractivity contribution is 7.89. The molecule has 0 fully saturated rings. The van der Waals surface area contributed by atoms with Crippen molar-refractivity contribution >= 4 is 27.6 Å². The smallest absolute Gasteiger partial charge is 0.321 e. The maximum atomic E-state index is 12.2. The summed E-state index contributed by atoms with van der Waals surface area (Å²) >= 11 is 5.77. The average Bonchev–Trinajstić information content (AvgIpc) is 2.55. The van der Waals surface area contributed by atoms with Crippen LogP contribution in [0.4, 0.5) is 0 Å². The van der Waals surface area contributed by atoms with Gasteiger partial charge >= 0.3 is 5.97 Å². The van der Waals surface area contributed by atoms with Crippen molar-refractivity contribution in [3.05, 3.63) is 64.2 Å². The summed E-state index contributed by atoms with van der Waals surface area (Å²) in [6, 6.07) is 11.6. The highest BCUT2D eigenvalue weighted by atomic mass is 35.5. The SMILES string of the molecule is Cc1ccc(S(=O)(=O)NCC(=O)OCc2ccc(Cl)cc2)cc1C. The molecule has 128 valence electrons. The van der Waals surface area contributed by atoms with Crippen LogP contribution < -0.4 is 4.72 Å². The summed E-state index contributed by atoms with van der Waals surface area (Å²) in [5.41, 5.74) is 2.63. The Hall–Kier alpha value is -1.89. The van der Waals surface area contributed by atoms with Crippen molar-refractivity contribution in [2.24, 2.45) is 0 Å². The van der Waals surface area contributed by atoms with Gasteiger partial charge in [-0.1, -0.05) is 29.8 Å². The number of rotatable bonds is 6. The predicted octanol–water partition coefficient (Wildman–Crippen LogP) is 2.98. The van der Waals surface area contributed by atoms with E-state index in [1.54, 1.807) is 36.4 Å². The molecule has 1 N–H and O–H groups in total. The van der Waals surface area contributed by atoms with Crippen molar-refractivity contribution in [1.29, 1.82) is 0 Å². The summed E-state index contributed by atoms with van der Waals surface area (Å²) < 4.78 is 31.6. The van der Waals surface area contributed by atoms with Crippen molar-refractivity contribution in [1.82, 2.24) is 4.72 Å². The maximum absolute atomic E-state index is 12.2. The van der Waals surface area contributed by atoms with Crippen LogP contribution in [0.1, 0.15) is 16.7 Å². The molecule has 0 saturated carbocycles. The van der Waals surface area contributed by atoms with Gasteiger partial charge in [-0.15, -0.1) is 0 Å². The Morgan fingerprint density at radius 1 is 1.08 bits per heavy atom. The van der Waals surface area contributed by atoms with Crippen LogP contribution >= 0.6 is 11.6 Å². The fourth-order valence-electron chi connectivity index (χ4n) is 1.91. The van der Waals surface area contributed by atoms with Crippen LogP contribution in [-0.2, 0) is 26.2 Å². The third-order valence-electron chi connectivity index (χ3n) is 3.51. The molecular formula is C17H18ClNO4S. The first-order valence-corrected chi connectivity index (χ1v) is 9.11. The molecule has 0 aliphatic rings. The molecule has 0 spiro atoms. The zero-order valence-corrected chi connectivity index (χ0v) is 14.9. The number of nitrogens with one attached hydrogen (secondary N) is 1. The predicted molar refractivity (Wildman–Crippen MR) is 92.4 cm³/mol. The van der Waals surface area contributed by atoms with Gasteiger partial charge in [-0.05, 0) is 54.8 Å². The van der Waals surface area contributed by atoms with Crippen LogP contribution in [0.2, 0.25) is 5.02 Å². The van der Waals surface area contributed by atoms with Gasteiger partial charge in [-0.25, -0.2) is 8.42 Å². The van der Waals surface area contributed by atoms with Crippen molar-refractivity contribution in [2.45, 2.75) is 25.3 Å². The highest BCUT2D eigenvalue weighted by Gasteiger charge is 2.16. The van der Waals surface area contributed by atoms with E-state index in [-0.39, 0.29) is 11.5 Å². The van der Waals surface area contributed by atoms with E-state index < -0.39 is 22.5 Å². The minimum absolute atomic E-state index is 0.0569. The van der Waals surface area contributed by atoms with Gasteiger partial charge in [0.1, 0.15) is 13.2 Å². The molecule has 0 radical (unpaired) electrons. The minimum atomic E-state index is -3.75. The molecule has 0 atom stereocenters. The third kappa shape index (κ3) is 5.06. The Bertz CT molecular complexity index is 832. The summed E-state index contributed by atoms with van der Waals surface area (Å²) in [6.07, 6.45) is 0. The number of aryl methyl sites for hydroxylation is 2. The average molecular weight is 368 g/mol. The summed E-state index contributed by atoms with van der Waals surface area (Å²) in [5, 5.41) is 0.589. The second-order valence-corrected chi connectivity index (χ2v) is 7.56. The molecule has 0 aliphatic heterocycles. The normalized spacial score (nSPS) is 11.3. The number of halogens is 1. The van der Waals surface area contributed by atoms with Crippen molar-refractivity contribution in [2.75, 3.05) is 6.54 Å². The van der Waals surface area contributed by atoms with E-state index in [2.05, 4.69) is 4.72 Å². The molecule has 0 aliphatic carbocycles. The number of carbonyl (C=O) groups is 1. The molecule has 2 aromatic rings. The van der Waals surface area contributed by atoms with Crippen LogP contribution in [0, 0.1) is 13.8 Å². The Labute approximate surface area is 146 Å². The van der Waals surface area contributed by atoms with Crippen molar-refractivity contribution in [3.63, 3.8) is 0 Å². The fraction of sp³-hybridized carbons (Fsp3) is 0.235. The molecule has 0 amide bonds. The number of hydrogen-bond donors (Lipinski definition) is 1. The molecule has 0 heterocycles. The zero-order valence-electron chi connectivity index (χ0n) is 13.4. The first-order valence-electron chi connectivity index (χ1n) is 7.25. The van der Waals surface area contributed by atoms with E-state index in [0.717, 1.165) is 16.7 Å². The van der Waals surface area contributed by atoms with Gasteiger partial charge in [0.15, 0.2) is 0 Å². The van der Waals surface area contributed by atoms with Gasteiger partial charge in [-0.2, -0.15) is 4.72 Å². The molecule has 2 rings (SSSR count). The number of carbonyl (C=O) groups excluding carboxylic acids is 1. The standard InChI is InChI=1S/C17H18ClNO4S/c1-12-3-8-16(9-13(12)2)24(21,22)19-10-17(20)23-11-14-4-6-15(18)7-5-14/h3-9,19H,10-11H2,1-2H3. The molecule has 7 heteroatoms. The van der Waals surface area contributed by atoms with Crippen molar-refractivity contribution < 1.29 is 17.9 Å². The van der Waals surface area contributed by atoms with Crippen LogP contribution in [0.15, 0.2) is 47.4 Å². The first kappa shape index (κ1) is 18.4. The molecule has 0 bridgehead atoms. The lowest BCUT2D eigenvalue weighted by atomic mass is 10.1. The van der Waals surface area contributed by atoms with Gasteiger partial charge in [0.25, 0.3) is 0 Å². The Balaban J connectivity index is 1.90. The topological polar surface area (TPSA) is 72.5 Å². The molecule has 0 saturated heterocycles. The van der Waals surface area contributed by atoms with Crippen molar-refractivity contribution in [3.8, 4) is 0 Å². The second-order valence-electron chi connectivity index (χ2n) is 5.36. The summed E-state index contributed by atoms with van der Waals surface area (Å²) in [4.78, 5) is 11.8. The van der Waals surface area contributed by atoms with Crippen LogP contribution in [0.5, 0.6) is 0 Å².